The van der Waals surface area contributed by atoms with Crippen molar-refractivity contribution in [1.82, 2.24) is 20.1 Å². The summed E-state index contributed by atoms with van der Waals surface area (Å²) in [4.78, 5) is 3.90. The molecule has 1 N–H and O–H groups in total. The first-order valence-corrected chi connectivity index (χ1v) is 7.20. The van der Waals surface area contributed by atoms with Gasteiger partial charge in [-0.3, -0.25) is 0 Å². The van der Waals surface area contributed by atoms with Crippen LogP contribution in [0.15, 0.2) is 29.0 Å². The predicted molar refractivity (Wildman–Crippen MR) is 80.3 cm³/mol. The highest BCUT2D eigenvalue weighted by Crippen LogP contribution is 2.21. The van der Waals surface area contributed by atoms with Crippen LogP contribution in [0.4, 0.5) is 0 Å². The molecule has 0 atom stereocenters. The first kappa shape index (κ1) is 14.7. The third-order valence-corrected chi connectivity index (χ3v) is 3.37. The summed E-state index contributed by atoms with van der Waals surface area (Å²) in [6, 6.07) is 7.98. The first-order chi connectivity index (χ1) is 9.60. The van der Waals surface area contributed by atoms with Crippen LogP contribution in [0, 0.1) is 17.2 Å². The van der Waals surface area contributed by atoms with Crippen molar-refractivity contribution in [2.75, 3.05) is 6.54 Å². The van der Waals surface area contributed by atoms with E-state index >= 15 is 0 Å². The Hall–Kier alpha value is -1.71. The number of halogens is 1. The largest absolute Gasteiger partial charge is 0.312 e. The van der Waals surface area contributed by atoms with Gasteiger partial charge < -0.3 is 5.32 Å². The zero-order valence-electron chi connectivity index (χ0n) is 11.5. The predicted octanol–water partition coefficient (Wildman–Crippen LogP) is 2.65. The van der Waals surface area contributed by atoms with Crippen molar-refractivity contribution in [3.63, 3.8) is 0 Å². The highest BCUT2D eigenvalue weighted by atomic mass is 79.9. The molecular weight excluding hydrogens is 318 g/mol. The maximum Gasteiger partial charge on any atom is 0.252 e. The standard InChI is InChI=1S/C14H16BrN5/c1-10(2)7-17-8-11-3-4-13(12(15)5-11)20-9-18-14(6-16)19-20/h3-5,9-10,17H,7-8H2,1-2H3. The monoisotopic (exact) mass is 333 g/mol. The van der Waals surface area contributed by atoms with Crippen molar-refractivity contribution >= 4 is 15.9 Å². The summed E-state index contributed by atoms with van der Waals surface area (Å²) in [5.74, 6) is 0.803. The maximum atomic E-state index is 8.74. The van der Waals surface area contributed by atoms with Gasteiger partial charge in [-0.25, -0.2) is 9.67 Å². The lowest BCUT2D eigenvalue weighted by Gasteiger charge is -2.09. The minimum Gasteiger partial charge on any atom is -0.312 e. The van der Waals surface area contributed by atoms with Gasteiger partial charge in [0.1, 0.15) is 12.4 Å². The van der Waals surface area contributed by atoms with Crippen LogP contribution in [-0.4, -0.2) is 21.3 Å². The Morgan fingerprint density at radius 3 is 2.85 bits per heavy atom. The van der Waals surface area contributed by atoms with Gasteiger partial charge in [-0.1, -0.05) is 19.9 Å². The van der Waals surface area contributed by atoms with Gasteiger partial charge in [0.25, 0.3) is 5.82 Å². The molecule has 0 spiro atoms. The van der Waals surface area contributed by atoms with Crippen molar-refractivity contribution in [2.24, 2.45) is 5.92 Å². The van der Waals surface area contributed by atoms with Crippen LogP contribution in [0.25, 0.3) is 5.69 Å². The molecule has 0 aliphatic heterocycles. The van der Waals surface area contributed by atoms with Crippen LogP contribution in [-0.2, 0) is 6.54 Å². The Labute approximate surface area is 126 Å². The van der Waals surface area contributed by atoms with Gasteiger partial charge in [0.05, 0.1) is 5.69 Å². The van der Waals surface area contributed by atoms with Crippen molar-refractivity contribution in [3.8, 4) is 11.8 Å². The lowest BCUT2D eigenvalue weighted by Crippen LogP contribution is -2.18. The molecule has 0 aliphatic rings. The Morgan fingerprint density at radius 1 is 1.45 bits per heavy atom. The fraction of sp³-hybridized carbons (Fsp3) is 0.357. The lowest BCUT2D eigenvalue weighted by atomic mass is 10.2. The number of hydrogen-bond donors (Lipinski definition) is 1. The Bertz CT molecular complexity index is 627. The molecule has 0 radical (unpaired) electrons. The van der Waals surface area contributed by atoms with E-state index < -0.39 is 0 Å². The number of benzene rings is 1. The van der Waals surface area contributed by atoms with E-state index in [1.165, 1.54) is 11.9 Å². The summed E-state index contributed by atoms with van der Waals surface area (Å²) >= 11 is 3.54. The SMILES string of the molecule is CC(C)CNCc1ccc(-n2cnc(C#N)n2)c(Br)c1. The Balaban J connectivity index is 2.11. The van der Waals surface area contributed by atoms with Crippen molar-refractivity contribution in [1.29, 1.82) is 5.26 Å². The molecule has 1 aromatic heterocycles. The van der Waals surface area contributed by atoms with Gasteiger partial charge in [-0.2, -0.15) is 5.26 Å². The molecule has 1 aromatic carbocycles. The summed E-state index contributed by atoms with van der Waals surface area (Å²) in [7, 11) is 0. The van der Waals surface area contributed by atoms with Crippen LogP contribution in [0.3, 0.4) is 0 Å². The molecule has 0 aliphatic carbocycles. The third-order valence-electron chi connectivity index (χ3n) is 2.73. The summed E-state index contributed by atoms with van der Waals surface area (Å²) in [5.41, 5.74) is 2.06. The minimum atomic E-state index is 0.166. The van der Waals surface area contributed by atoms with Crippen LogP contribution < -0.4 is 5.32 Å². The average Bonchev–Trinajstić information content (AvgIpc) is 2.87. The second-order valence-electron chi connectivity index (χ2n) is 4.94. The van der Waals surface area contributed by atoms with Gasteiger partial charge in [0.15, 0.2) is 0 Å². The van der Waals surface area contributed by atoms with Crippen molar-refractivity contribution in [2.45, 2.75) is 20.4 Å². The third kappa shape index (κ3) is 3.65. The second kappa shape index (κ2) is 6.64. The number of rotatable bonds is 5. The first-order valence-electron chi connectivity index (χ1n) is 6.41. The van der Waals surface area contributed by atoms with E-state index in [1.54, 1.807) is 4.68 Å². The molecule has 20 heavy (non-hydrogen) atoms. The summed E-state index contributed by atoms with van der Waals surface area (Å²) in [5, 5.41) is 16.2. The molecule has 6 heteroatoms. The number of aromatic nitrogens is 3. The molecule has 0 unspecified atom stereocenters. The van der Waals surface area contributed by atoms with Crippen molar-refractivity contribution < 1.29 is 0 Å². The lowest BCUT2D eigenvalue weighted by molar-refractivity contribution is 0.552. The van der Waals surface area contributed by atoms with E-state index in [-0.39, 0.29) is 5.82 Å². The zero-order chi connectivity index (χ0) is 14.5. The van der Waals surface area contributed by atoms with Crippen LogP contribution in [0.2, 0.25) is 0 Å². The van der Waals surface area contributed by atoms with E-state index in [1.807, 2.05) is 18.2 Å². The molecule has 0 fully saturated rings. The van der Waals surface area contributed by atoms with Gasteiger partial charge in [-0.15, -0.1) is 5.10 Å². The van der Waals surface area contributed by atoms with E-state index in [9.17, 15) is 0 Å². The van der Waals surface area contributed by atoms with Gasteiger partial charge in [-0.05, 0) is 46.1 Å². The molecule has 0 saturated heterocycles. The number of nitriles is 1. The highest BCUT2D eigenvalue weighted by Gasteiger charge is 2.07. The molecular formula is C14H16BrN5. The minimum absolute atomic E-state index is 0.166. The molecule has 0 amide bonds. The summed E-state index contributed by atoms with van der Waals surface area (Å²) in [6.07, 6.45) is 1.54. The van der Waals surface area contributed by atoms with Crippen molar-refractivity contribution in [3.05, 3.63) is 40.4 Å². The highest BCUT2D eigenvalue weighted by molar-refractivity contribution is 9.10. The smallest absolute Gasteiger partial charge is 0.252 e. The number of hydrogen-bond acceptors (Lipinski definition) is 4. The number of nitrogens with one attached hydrogen (secondary N) is 1. The summed E-state index contributed by atoms with van der Waals surface area (Å²) in [6.45, 7) is 6.19. The Morgan fingerprint density at radius 2 is 2.25 bits per heavy atom. The zero-order valence-corrected chi connectivity index (χ0v) is 13.1. The summed E-state index contributed by atoms with van der Waals surface area (Å²) < 4.78 is 2.52. The van der Waals surface area contributed by atoms with E-state index in [0.29, 0.717) is 5.92 Å². The fourth-order valence-corrected chi connectivity index (χ4v) is 2.39. The fourth-order valence-electron chi connectivity index (χ4n) is 1.78. The van der Waals surface area contributed by atoms with Crippen LogP contribution in [0.1, 0.15) is 25.2 Å². The molecule has 0 saturated carbocycles. The van der Waals surface area contributed by atoms with E-state index in [4.69, 9.17) is 5.26 Å². The van der Waals surface area contributed by atoms with E-state index in [0.717, 1.165) is 23.2 Å². The normalized spacial score (nSPS) is 10.8. The topological polar surface area (TPSA) is 66.5 Å². The maximum absolute atomic E-state index is 8.74. The molecule has 1 heterocycles. The van der Waals surface area contributed by atoms with Gasteiger partial charge in [0, 0.05) is 11.0 Å². The molecule has 104 valence electrons. The number of nitrogens with zero attached hydrogens (tertiary/aromatic N) is 4. The van der Waals surface area contributed by atoms with Gasteiger partial charge in [0.2, 0.25) is 0 Å². The molecule has 0 bridgehead atoms. The Kier molecular flexibility index (Phi) is 4.88. The average molecular weight is 334 g/mol. The molecule has 2 aromatic rings. The van der Waals surface area contributed by atoms with Crippen LogP contribution >= 0.6 is 15.9 Å². The molecule has 5 nitrogen and oxygen atoms in total. The second-order valence-corrected chi connectivity index (χ2v) is 5.79. The molecule has 2 rings (SSSR count). The quantitative estimate of drug-likeness (QED) is 0.913. The van der Waals surface area contributed by atoms with Gasteiger partial charge >= 0.3 is 0 Å². The van der Waals surface area contributed by atoms with Crippen LogP contribution in [0.5, 0.6) is 0 Å². The van der Waals surface area contributed by atoms with E-state index in [2.05, 4.69) is 51.2 Å².